The number of nitrogens with two attached hydrogens (primary N) is 2. The minimum atomic E-state index is -4.42. The van der Waals surface area contributed by atoms with Gasteiger partial charge in [-0.05, 0) is 43.5 Å². The number of nitrogens with zero attached hydrogens (tertiary/aromatic N) is 4. The maximum Gasteiger partial charge on any atom is 0.422 e. The fourth-order valence-corrected chi connectivity index (χ4v) is 4.08. The number of hydrogen-bond donors (Lipinski definition) is 2. The lowest BCUT2D eigenvalue weighted by Crippen LogP contribution is -2.43. The smallest absolute Gasteiger partial charge is 0.422 e. The Morgan fingerprint density at radius 3 is 2.46 bits per heavy atom. The molecule has 0 saturated carbocycles. The molecule has 10 heteroatoms. The fourth-order valence-electron chi connectivity index (χ4n) is 4.08. The third kappa shape index (κ3) is 7.10. The highest BCUT2D eigenvalue weighted by Crippen LogP contribution is 2.26. The lowest BCUT2D eigenvalue weighted by atomic mass is 9.94. The summed E-state index contributed by atoms with van der Waals surface area (Å²) in [7, 11) is 1.65. The molecule has 1 fully saturated rings. The lowest BCUT2D eigenvalue weighted by molar-refractivity contribution is -0.169. The van der Waals surface area contributed by atoms with Crippen LogP contribution in [0, 0.1) is 11.3 Å². The van der Waals surface area contributed by atoms with Crippen molar-refractivity contribution in [3.8, 4) is 6.07 Å². The van der Waals surface area contributed by atoms with Crippen LogP contribution in [0.1, 0.15) is 30.9 Å². The summed E-state index contributed by atoms with van der Waals surface area (Å²) in [6.07, 6.45) is 1.89. The van der Waals surface area contributed by atoms with Gasteiger partial charge in [0.1, 0.15) is 0 Å². The molecule has 4 N–H and O–H groups in total. The second-order valence-electron chi connectivity index (χ2n) is 8.71. The van der Waals surface area contributed by atoms with Crippen molar-refractivity contribution in [1.29, 1.82) is 5.26 Å². The quantitative estimate of drug-likeness (QED) is 0.571. The number of likely N-dealkylation sites (N-methyl/N-ethyl adjacent to an activating group) is 1. The van der Waals surface area contributed by atoms with E-state index in [0.29, 0.717) is 16.8 Å². The van der Waals surface area contributed by atoms with E-state index in [0.717, 1.165) is 37.1 Å². The van der Waals surface area contributed by atoms with Gasteiger partial charge in [-0.15, -0.1) is 0 Å². The molecule has 2 aliphatic heterocycles. The highest BCUT2D eigenvalue weighted by molar-refractivity contribution is 6.15. The van der Waals surface area contributed by atoms with Gasteiger partial charge in [0.25, 0.3) is 0 Å². The molecule has 0 bridgehead atoms. The van der Waals surface area contributed by atoms with Gasteiger partial charge in [0.2, 0.25) is 0 Å². The van der Waals surface area contributed by atoms with Crippen LogP contribution in [0.25, 0.3) is 0 Å². The monoisotopic (exact) mass is 488 g/mol. The molecule has 35 heavy (non-hydrogen) atoms. The van der Waals surface area contributed by atoms with Gasteiger partial charge in [0.05, 0.1) is 23.5 Å². The van der Waals surface area contributed by atoms with Crippen molar-refractivity contribution in [3.05, 3.63) is 70.8 Å². The number of nitriles is 1. The molecule has 1 unspecified atom stereocenters. The predicted octanol–water partition coefficient (Wildman–Crippen LogP) is 3.25. The van der Waals surface area contributed by atoms with Crippen LogP contribution in [0.15, 0.2) is 64.6 Å². The first kappa shape index (κ1) is 26.3. The van der Waals surface area contributed by atoms with Crippen molar-refractivity contribution in [3.63, 3.8) is 0 Å². The van der Waals surface area contributed by atoms with Gasteiger partial charge >= 0.3 is 6.18 Å². The Morgan fingerprint density at radius 1 is 1.26 bits per heavy atom. The second-order valence-corrected chi connectivity index (χ2v) is 8.71. The van der Waals surface area contributed by atoms with E-state index in [1.807, 2.05) is 19.1 Å². The van der Waals surface area contributed by atoms with Crippen LogP contribution in [-0.4, -0.2) is 67.2 Å². The predicted molar refractivity (Wildman–Crippen MR) is 129 cm³/mol. The van der Waals surface area contributed by atoms with Gasteiger partial charge in [0, 0.05) is 50.1 Å². The molecule has 3 rings (SSSR count). The number of halogens is 3. The number of alkyl halides is 3. The number of benzene rings is 1. The molecular weight excluding hydrogens is 457 g/mol. The summed E-state index contributed by atoms with van der Waals surface area (Å²) in [4.78, 5) is 8.87. The van der Waals surface area contributed by atoms with Gasteiger partial charge in [-0.3, -0.25) is 9.89 Å². The largest absolute Gasteiger partial charge is 0.469 e. The molecule has 0 amide bonds. The molecule has 1 atom stereocenters. The first-order chi connectivity index (χ1) is 16.6. The minimum absolute atomic E-state index is 0.123. The Kier molecular flexibility index (Phi) is 8.59. The lowest BCUT2D eigenvalue weighted by Gasteiger charge is -2.33. The zero-order chi connectivity index (χ0) is 25.6. The van der Waals surface area contributed by atoms with E-state index in [9.17, 15) is 18.4 Å². The maximum absolute atomic E-state index is 12.6. The SMILES string of the molecule is CC(N=C(/C(=C\N)C1=CC=C(OCC(F)(F)F)N(C)C1)c1ccc(C#N)cc1)N1CCC(N)CC1. The Hall–Kier alpha value is -3.29. The van der Waals surface area contributed by atoms with Crippen LogP contribution in [0.4, 0.5) is 13.2 Å². The molecular formula is C25H31F3N6O. The number of likely N-dealkylation sites (tertiary alicyclic amines) is 1. The third-order valence-corrected chi connectivity index (χ3v) is 6.07. The normalized spacial score (nSPS) is 19.6. The van der Waals surface area contributed by atoms with Crippen LogP contribution >= 0.6 is 0 Å². The van der Waals surface area contributed by atoms with E-state index >= 15 is 0 Å². The van der Waals surface area contributed by atoms with E-state index in [1.165, 1.54) is 12.3 Å². The molecule has 0 aliphatic carbocycles. The standard InChI is InChI=1S/C25H31F3N6O/c1-17(34-11-9-21(31)10-12-34)32-24(19-5-3-18(13-29)4-6-19)22(14-30)20-7-8-23(33(2)15-20)35-16-25(26,27)28/h3-8,14,17,21H,9-12,15-16,30-31H2,1-2H3/b22-14-,32-24?. The molecule has 2 aliphatic rings. The van der Waals surface area contributed by atoms with Crippen molar-refractivity contribution < 1.29 is 17.9 Å². The zero-order valence-corrected chi connectivity index (χ0v) is 19.9. The summed E-state index contributed by atoms with van der Waals surface area (Å²) in [5.74, 6) is 0.123. The van der Waals surface area contributed by atoms with Crippen molar-refractivity contribution in [2.24, 2.45) is 16.5 Å². The maximum atomic E-state index is 12.6. The van der Waals surface area contributed by atoms with E-state index in [-0.39, 0.29) is 24.6 Å². The van der Waals surface area contributed by atoms with Crippen molar-refractivity contribution in [2.45, 2.75) is 38.1 Å². The number of allylic oxidation sites excluding steroid dienone is 2. The highest BCUT2D eigenvalue weighted by atomic mass is 19.4. The summed E-state index contributed by atoms with van der Waals surface area (Å²) >= 11 is 0. The molecule has 0 aromatic heterocycles. The number of ether oxygens (including phenoxy) is 1. The van der Waals surface area contributed by atoms with Gasteiger partial charge in [-0.1, -0.05) is 18.2 Å². The highest BCUT2D eigenvalue weighted by Gasteiger charge is 2.30. The third-order valence-electron chi connectivity index (χ3n) is 6.07. The molecule has 0 radical (unpaired) electrons. The van der Waals surface area contributed by atoms with Crippen LogP contribution in [-0.2, 0) is 4.74 Å². The van der Waals surface area contributed by atoms with Gasteiger partial charge in [-0.25, -0.2) is 0 Å². The minimum Gasteiger partial charge on any atom is -0.469 e. The molecule has 1 aromatic carbocycles. The molecule has 7 nitrogen and oxygen atoms in total. The summed E-state index contributed by atoms with van der Waals surface area (Å²) in [5.41, 5.74) is 15.5. The van der Waals surface area contributed by atoms with E-state index < -0.39 is 12.8 Å². The number of rotatable bonds is 7. The average molecular weight is 489 g/mol. The topological polar surface area (TPSA) is 104 Å². The first-order valence-corrected chi connectivity index (χ1v) is 11.4. The van der Waals surface area contributed by atoms with Crippen molar-refractivity contribution in [1.82, 2.24) is 9.80 Å². The summed E-state index contributed by atoms with van der Waals surface area (Å²) in [6, 6.07) is 9.38. The zero-order valence-electron chi connectivity index (χ0n) is 19.9. The van der Waals surface area contributed by atoms with Crippen LogP contribution < -0.4 is 11.5 Å². The summed E-state index contributed by atoms with van der Waals surface area (Å²) < 4.78 is 42.7. The van der Waals surface area contributed by atoms with Crippen LogP contribution in [0.5, 0.6) is 0 Å². The van der Waals surface area contributed by atoms with Crippen LogP contribution in [0.3, 0.4) is 0 Å². The van der Waals surface area contributed by atoms with E-state index in [1.54, 1.807) is 30.2 Å². The average Bonchev–Trinajstić information content (AvgIpc) is 2.83. The molecule has 1 aromatic rings. The second kappa shape index (κ2) is 11.4. The van der Waals surface area contributed by atoms with Crippen molar-refractivity contribution in [2.75, 3.05) is 33.3 Å². The molecule has 2 heterocycles. The molecule has 1 saturated heterocycles. The molecule has 0 spiro atoms. The summed E-state index contributed by atoms with van der Waals surface area (Å²) in [6.45, 7) is 2.61. The van der Waals surface area contributed by atoms with Crippen molar-refractivity contribution >= 4 is 5.71 Å². The van der Waals surface area contributed by atoms with Gasteiger partial charge in [-0.2, -0.15) is 18.4 Å². The Morgan fingerprint density at radius 2 is 1.91 bits per heavy atom. The van der Waals surface area contributed by atoms with Crippen LogP contribution in [0.2, 0.25) is 0 Å². The molecule has 188 valence electrons. The van der Waals surface area contributed by atoms with Gasteiger partial charge in [0.15, 0.2) is 12.5 Å². The summed E-state index contributed by atoms with van der Waals surface area (Å²) in [5, 5.41) is 9.18. The Bertz CT molecular complexity index is 1040. The van der Waals surface area contributed by atoms with Gasteiger partial charge < -0.3 is 21.1 Å². The number of aliphatic imine (C=N–C) groups is 1. The fraction of sp³-hybridized carbons (Fsp3) is 0.440. The Labute approximate surface area is 203 Å². The number of hydrogen-bond acceptors (Lipinski definition) is 7. The van der Waals surface area contributed by atoms with E-state index in [4.69, 9.17) is 21.2 Å². The number of piperidine rings is 1. The Balaban J connectivity index is 1.94. The first-order valence-electron chi connectivity index (χ1n) is 11.4. The van der Waals surface area contributed by atoms with E-state index in [2.05, 4.69) is 11.0 Å².